The quantitative estimate of drug-likeness (QED) is 0.165. The molecule has 2 aromatic heterocycles. The van der Waals surface area contributed by atoms with Crippen molar-refractivity contribution in [2.75, 3.05) is 54.4 Å². The molecular weight excluding hydrogens is 863 g/mol. The maximum atomic E-state index is 13.3. The molecule has 2 aromatic carbocycles. The number of piperazine rings is 1. The van der Waals surface area contributed by atoms with E-state index in [1.165, 1.54) is 4.90 Å². The van der Waals surface area contributed by atoms with Gasteiger partial charge in [0.25, 0.3) is 17.4 Å². The Morgan fingerprint density at radius 1 is 0.984 bits per heavy atom. The second kappa shape index (κ2) is 17.8. The first-order valence-electron chi connectivity index (χ1n) is 22.0. The third kappa shape index (κ3) is 8.57. The van der Waals surface area contributed by atoms with Crippen molar-refractivity contribution in [3.63, 3.8) is 0 Å². The molecule has 0 spiro atoms. The zero-order chi connectivity index (χ0) is 45.0. The number of hydrogen-bond acceptors (Lipinski definition) is 13. The van der Waals surface area contributed by atoms with Crippen LogP contribution in [0.1, 0.15) is 81.3 Å². The molecule has 2 atom stereocenters. The zero-order valence-electron chi connectivity index (χ0n) is 36.0. The van der Waals surface area contributed by atoms with Crippen molar-refractivity contribution >= 4 is 80.9 Å². The third-order valence-corrected chi connectivity index (χ3v) is 13.9. The van der Waals surface area contributed by atoms with Crippen LogP contribution in [0.2, 0.25) is 10.0 Å². The molecule has 6 heterocycles. The molecule has 4 amide bonds. The standard InChI is InChI=1S/C45H52Cl2N10O7/c1-24(2)57-34-6-4-27(16-26(34)17-37(44(57)62)63-23-38(48)58)50-41-33(46)20-49-45(52-41)53-12-10-29(11-13-53)64-30-18-28(19-30)54-14-15-55(25(3)21-54)35-7-5-31-32(40(35)47)22-56(43(31)61)36-8-9-39(59)51-42(36)60/h4-7,16-17,20,24-25,28-30,36H,8-15,18-19,21-23H2,1-3H3,(H2,48,58)(H,49,50,52)(H,51,59,60)/t25-,28?,30?,36-/m1/s1. The number of rotatable bonds is 12. The van der Waals surface area contributed by atoms with E-state index >= 15 is 0 Å². The summed E-state index contributed by atoms with van der Waals surface area (Å²) in [6, 6.07) is 10.8. The van der Waals surface area contributed by atoms with Crippen LogP contribution in [-0.2, 0) is 25.7 Å². The molecule has 0 bridgehead atoms. The van der Waals surface area contributed by atoms with E-state index < -0.39 is 24.5 Å². The van der Waals surface area contributed by atoms with E-state index in [-0.39, 0.29) is 60.4 Å². The highest BCUT2D eigenvalue weighted by Crippen LogP contribution is 2.40. The molecule has 5 aliphatic rings. The predicted molar refractivity (Wildman–Crippen MR) is 243 cm³/mol. The molecule has 338 valence electrons. The number of nitrogens with one attached hydrogen (secondary N) is 2. The first-order valence-corrected chi connectivity index (χ1v) is 22.7. The van der Waals surface area contributed by atoms with Crippen LogP contribution in [0.3, 0.4) is 0 Å². The number of nitrogens with zero attached hydrogens (tertiary/aromatic N) is 7. The number of carbonyl (C=O) groups excluding carboxylic acids is 4. The molecule has 64 heavy (non-hydrogen) atoms. The van der Waals surface area contributed by atoms with Gasteiger partial charge in [0.15, 0.2) is 18.2 Å². The molecule has 4 fully saturated rings. The van der Waals surface area contributed by atoms with Crippen LogP contribution in [0, 0.1) is 0 Å². The molecule has 1 aliphatic carbocycles. The van der Waals surface area contributed by atoms with Gasteiger partial charge in [-0.15, -0.1) is 0 Å². The van der Waals surface area contributed by atoms with Gasteiger partial charge in [0, 0.05) is 86.0 Å². The summed E-state index contributed by atoms with van der Waals surface area (Å²) >= 11 is 13.6. The van der Waals surface area contributed by atoms with Gasteiger partial charge in [0.05, 0.1) is 34.6 Å². The van der Waals surface area contributed by atoms with Crippen LogP contribution >= 0.6 is 23.2 Å². The second-order valence-corrected chi connectivity index (χ2v) is 18.5. The molecule has 0 unspecified atom stereocenters. The molecular formula is C45H52Cl2N10O7. The van der Waals surface area contributed by atoms with Crippen molar-refractivity contribution in [1.82, 2.24) is 29.7 Å². The number of carbonyl (C=O) groups is 4. The van der Waals surface area contributed by atoms with Gasteiger partial charge >= 0.3 is 0 Å². The number of aromatic nitrogens is 3. The number of nitrogens with two attached hydrogens (primary N) is 1. The Morgan fingerprint density at radius 3 is 2.48 bits per heavy atom. The molecule has 4 aliphatic heterocycles. The lowest BCUT2D eigenvalue weighted by atomic mass is 9.86. The van der Waals surface area contributed by atoms with Crippen molar-refractivity contribution in [2.24, 2.45) is 5.73 Å². The number of halogens is 2. The van der Waals surface area contributed by atoms with Gasteiger partial charge in [-0.3, -0.25) is 34.2 Å². The molecule has 9 rings (SSSR count). The van der Waals surface area contributed by atoms with Gasteiger partial charge in [0.2, 0.25) is 17.8 Å². The summed E-state index contributed by atoms with van der Waals surface area (Å²) in [5.74, 6) is -0.583. The predicted octanol–water partition coefficient (Wildman–Crippen LogP) is 4.78. The van der Waals surface area contributed by atoms with Gasteiger partial charge in [-0.25, -0.2) is 4.98 Å². The van der Waals surface area contributed by atoms with Crippen LogP contribution in [0.25, 0.3) is 10.9 Å². The average Bonchev–Trinajstić information content (AvgIpc) is 3.58. The smallest absolute Gasteiger partial charge is 0.293 e. The number of pyridine rings is 1. The number of ether oxygens (including phenoxy) is 2. The number of benzene rings is 2. The normalized spacial score (nSPS) is 23.1. The minimum absolute atomic E-state index is 0.0393. The summed E-state index contributed by atoms with van der Waals surface area (Å²) in [6.45, 7) is 9.92. The van der Waals surface area contributed by atoms with Gasteiger partial charge < -0.3 is 39.8 Å². The number of amides is 4. The Morgan fingerprint density at radius 2 is 1.77 bits per heavy atom. The molecule has 0 radical (unpaired) electrons. The number of fused-ring (bicyclic) bond motifs is 2. The Bertz CT molecular complexity index is 2580. The number of anilines is 4. The topological polar surface area (TPSA) is 198 Å². The van der Waals surface area contributed by atoms with Crippen LogP contribution in [0.4, 0.5) is 23.1 Å². The van der Waals surface area contributed by atoms with Gasteiger partial charge in [-0.05, 0) is 89.3 Å². The van der Waals surface area contributed by atoms with E-state index in [0.29, 0.717) is 51.0 Å². The number of imide groups is 1. The summed E-state index contributed by atoms with van der Waals surface area (Å²) < 4.78 is 13.7. The van der Waals surface area contributed by atoms with E-state index in [1.54, 1.807) is 16.8 Å². The third-order valence-electron chi connectivity index (χ3n) is 13.2. The van der Waals surface area contributed by atoms with Crippen molar-refractivity contribution in [1.29, 1.82) is 0 Å². The van der Waals surface area contributed by atoms with E-state index in [4.69, 9.17) is 43.4 Å². The highest BCUT2D eigenvalue weighted by atomic mass is 35.5. The Kier molecular flexibility index (Phi) is 12.2. The lowest BCUT2D eigenvalue weighted by Gasteiger charge is -2.50. The van der Waals surface area contributed by atoms with Gasteiger partial charge in [0.1, 0.15) is 11.1 Å². The van der Waals surface area contributed by atoms with Gasteiger partial charge in [-0.1, -0.05) is 23.2 Å². The highest BCUT2D eigenvalue weighted by Gasteiger charge is 2.42. The first-order chi connectivity index (χ1) is 30.7. The maximum Gasteiger partial charge on any atom is 0.293 e. The average molecular weight is 916 g/mol. The van der Waals surface area contributed by atoms with Crippen LogP contribution in [0.5, 0.6) is 5.75 Å². The largest absolute Gasteiger partial charge is 0.478 e. The lowest BCUT2D eigenvalue weighted by molar-refractivity contribution is -0.137. The summed E-state index contributed by atoms with van der Waals surface area (Å²) in [5.41, 5.74) is 8.49. The fourth-order valence-corrected chi connectivity index (χ4v) is 10.3. The monoisotopic (exact) mass is 914 g/mol. The van der Waals surface area contributed by atoms with E-state index in [9.17, 15) is 24.0 Å². The molecule has 19 heteroatoms. The zero-order valence-corrected chi connectivity index (χ0v) is 37.5. The maximum absolute atomic E-state index is 13.3. The van der Waals surface area contributed by atoms with E-state index in [1.807, 2.05) is 44.2 Å². The molecule has 17 nitrogen and oxygen atoms in total. The first kappa shape index (κ1) is 43.7. The fraction of sp³-hybridized carbons (Fsp3) is 0.489. The Hall–Kier alpha value is -5.49. The summed E-state index contributed by atoms with van der Waals surface area (Å²) in [5, 5.41) is 7.31. The number of hydrogen-bond donors (Lipinski definition) is 3. The number of primary amides is 1. The summed E-state index contributed by atoms with van der Waals surface area (Å²) in [7, 11) is 0. The fourth-order valence-electron chi connectivity index (χ4n) is 9.80. The molecule has 4 N–H and O–H groups in total. The van der Waals surface area contributed by atoms with E-state index in [0.717, 1.165) is 75.0 Å². The van der Waals surface area contributed by atoms with Crippen LogP contribution in [0.15, 0.2) is 47.4 Å². The minimum atomic E-state index is -0.681. The number of piperidine rings is 2. The summed E-state index contributed by atoms with van der Waals surface area (Å²) in [6.07, 6.45) is 6.18. The second-order valence-electron chi connectivity index (χ2n) is 17.7. The molecule has 3 saturated heterocycles. The van der Waals surface area contributed by atoms with Gasteiger partial charge in [-0.2, -0.15) is 4.98 Å². The van der Waals surface area contributed by atoms with Crippen LogP contribution < -0.4 is 36.5 Å². The highest BCUT2D eigenvalue weighted by molar-refractivity contribution is 6.35. The molecule has 4 aromatic rings. The minimum Gasteiger partial charge on any atom is -0.478 e. The Labute approximate surface area is 380 Å². The van der Waals surface area contributed by atoms with Crippen molar-refractivity contribution in [3.05, 3.63) is 74.1 Å². The van der Waals surface area contributed by atoms with Crippen LogP contribution in [-0.4, -0.2) is 118 Å². The lowest BCUT2D eigenvalue weighted by Crippen LogP contribution is -2.59. The SMILES string of the molecule is CC(C)n1c(=O)c(OCC(N)=O)cc2cc(Nc3nc(N4CCC(OC5CC(N6CCN(c7ccc8c(c7Cl)CN([C@@H]7CCC(=O)NC7=O)C8=O)[C@H](C)C6)C5)CC4)ncc3Cl)ccc21. The Balaban J connectivity index is 0.756. The van der Waals surface area contributed by atoms with E-state index in [2.05, 4.69) is 37.2 Å². The van der Waals surface area contributed by atoms with Crippen molar-refractivity contribution < 1.29 is 28.7 Å². The molecule has 1 saturated carbocycles. The summed E-state index contributed by atoms with van der Waals surface area (Å²) in [4.78, 5) is 80.0. The van der Waals surface area contributed by atoms with Crippen molar-refractivity contribution in [2.45, 2.75) is 102 Å². The van der Waals surface area contributed by atoms with Crippen molar-refractivity contribution in [3.8, 4) is 5.75 Å².